The molecule has 156 valence electrons. The molecule has 4 rings (SSSR count). The summed E-state index contributed by atoms with van der Waals surface area (Å²) in [7, 11) is -3.89. The average molecular weight is 420 g/mol. The van der Waals surface area contributed by atoms with E-state index in [1.54, 1.807) is 16.7 Å². The number of ether oxygens (including phenoxy) is 2. The van der Waals surface area contributed by atoms with Crippen LogP contribution in [0.15, 0.2) is 40.0 Å². The summed E-state index contributed by atoms with van der Waals surface area (Å²) in [4.78, 5) is 15.9. The Morgan fingerprint density at radius 3 is 2.66 bits per heavy atom. The van der Waals surface area contributed by atoms with Gasteiger partial charge in [0.1, 0.15) is 12.7 Å². The quantitative estimate of drug-likeness (QED) is 0.633. The van der Waals surface area contributed by atoms with E-state index in [9.17, 15) is 13.2 Å². The zero-order valence-corrected chi connectivity index (χ0v) is 17.1. The molecule has 0 radical (unpaired) electrons. The van der Waals surface area contributed by atoms with Gasteiger partial charge in [-0.3, -0.25) is 13.5 Å². The van der Waals surface area contributed by atoms with Crippen LogP contribution in [-0.4, -0.2) is 36.8 Å². The lowest BCUT2D eigenvalue weighted by Crippen LogP contribution is -2.24. The first-order chi connectivity index (χ1) is 13.9. The van der Waals surface area contributed by atoms with Gasteiger partial charge in [0.2, 0.25) is 0 Å². The predicted octanol–water partition coefficient (Wildman–Crippen LogP) is 2.18. The van der Waals surface area contributed by atoms with Crippen molar-refractivity contribution in [3.05, 3.63) is 51.9 Å². The largest absolute Gasteiger partial charge is 0.457 e. The van der Waals surface area contributed by atoms with E-state index in [4.69, 9.17) is 13.7 Å². The van der Waals surface area contributed by atoms with Gasteiger partial charge in [-0.1, -0.05) is 30.5 Å². The van der Waals surface area contributed by atoms with E-state index in [-0.39, 0.29) is 23.6 Å². The molecule has 1 aliphatic heterocycles. The fourth-order valence-corrected chi connectivity index (χ4v) is 4.54. The summed E-state index contributed by atoms with van der Waals surface area (Å²) in [5.41, 5.74) is 1.23. The number of aromatic nitrogens is 2. The van der Waals surface area contributed by atoms with E-state index in [0.29, 0.717) is 18.8 Å². The maximum atomic E-state index is 12.4. The summed E-state index contributed by atoms with van der Waals surface area (Å²) in [6.07, 6.45) is 4.05. The van der Waals surface area contributed by atoms with Gasteiger partial charge in [0.05, 0.1) is 29.8 Å². The van der Waals surface area contributed by atoms with Crippen molar-refractivity contribution >= 4 is 10.1 Å². The van der Waals surface area contributed by atoms with Crippen molar-refractivity contribution in [1.82, 2.24) is 9.55 Å². The Labute approximate surface area is 169 Å². The van der Waals surface area contributed by atoms with E-state index in [0.717, 1.165) is 31.2 Å². The number of hydrogen-bond acceptors (Lipinski definition) is 7. The minimum Gasteiger partial charge on any atom is -0.457 e. The van der Waals surface area contributed by atoms with Crippen molar-refractivity contribution in [3.8, 4) is 6.01 Å². The lowest BCUT2D eigenvalue weighted by molar-refractivity contribution is 0.0418. The molecule has 29 heavy (non-hydrogen) atoms. The molecule has 2 aromatic rings. The summed E-state index contributed by atoms with van der Waals surface area (Å²) in [6.45, 7) is 2.35. The van der Waals surface area contributed by atoms with E-state index < -0.39 is 21.8 Å². The smallest absolute Gasteiger partial charge is 0.300 e. The van der Waals surface area contributed by atoms with Gasteiger partial charge >= 0.3 is 6.01 Å². The molecule has 1 unspecified atom stereocenters. The van der Waals surface area contributed by atoms with Crippen LogP contribution in [0.2, 0.25) is 0 Å². The standard InChI is InChI=1S/C20H24N2O6S/c1-14-6-8-18(9-7-14)29(24,25)27-13-17-11-22-15(10-19(23)21-20(22)28-17)12-26-16-4-2-3-5-16/h6-10,16-17H,2-5,11-13H2,1H3. The molecule has 8 nitrogen and oxygen atoms in total. The van der Waals surface area contributed by atoms with Crippen molar-refractivity contribution in [1.29, 1.82) is 0 Å². The first-order valence-electron chi connectivity index (χ1n) is 9.76. The third-order valence-corrected chi connectivity index (χ3v) is 6.52. The van der Waals surface area contributed by atoms with Crippen LogP contribution in [0.1, 0.15) is 36.9 Å². The molecule has 1 aliphatic carbocycles. The van der Waals surface area contributed by atoms with Crippen molar-refractivity contribution in [3.63, 3.8) is 0 Å². The monoisotopic (exact) mass is 420 g/mol. The zero-order valence-electron chi connectivity index (χ0n) is 16.2. The van der Waals surface area contributed by atoms with Crippen LogP contribution >= 0.6 is 0 Å². The number of benzene rings is 1. The number of nitrogens with zero attached hydrogens (tertiary/aromatic N) is 2. The molecule has 9 heteroatoms. The minimum atomic E-state index is -3.89. The van der Waals surface area contributed by atoms with E-state index in [1.165, 1.54) is 18.2 Å². The molecule has 1 fully saturated rings. The molecule has 0 saturated heterocycles. The fourth-order valence-electron chi connectivity index (χ4n) is 3.61. The zero-order chi connectivity index (χ0) is 20.4. The first-order valence-corrected chi connectivity index (χ1v) is 11.2. The SMILES string of the molecule is Cc1ccc(S(=O)(=O)OCC2Cn3c(COC4CCCC4)cc(=O)nc3O2)cc1. The number of hydrogen-bond donors (Lipinski definition) is 0. The summed E-state index contributed by atoms with van der Waals surface area (Å²) in [6, 6.07) is 8.05. The highest BCUT2D eigenvalue weighted by atomic mass is 32.2. The molecule has 1 saturated carbocycles. The van der Waals surface area contributed by atoms with Gasteiger partial charge in [0.25, 0.3) is 15.7 Å². The number of aryl methyl sites for hydroxylation is 1. The van der Waals surface area contributed by atoms with Crippen LogP contribution in [0.5, 0.6) is 6.01 Å². The molecule has 0 N–H and O–H groups in total. The highest BCUT2D eigenvalue weighted by Gasteiger charge is 2.29. The lowest BCUT2D eigenvalue weighted by atomic mass is 10.2. The second-order valence-electron chi connectivity index (χ2n) is 7.49. The third kappa shape index (κ3) is 4.68. The Kier molecular flexibility index (Phi) is 5.71. The molecule has 2 aliphatic rings. The van der Waals surface area contributed by atoms with Gasteiger partial charge in [-0.05, 0) is 31.9 Å². The van der Waals surface area contributed by atoms with Crippen molar-refractivity contribution in [2.45, 2.75) is 62.9 Å². The Morgan fingerprint density at radius 2 is 1.93 bits per heavy atom. The van der Waals surface area contributed by atoms with Crippen LogP contribution in [0.25, 0.3) is 0 Å². The van der Waals surface area contributed by atoms with Crippen molar-refractivity contribution < 1.29 is 22.1 Å². The first kappa shape index (κ1) is 20.1. The fraction of sp³-hybridized carbons (Fsp3) is 0.500. The molecular formula is C20H24N2O6S. The predicted molar refractivity (Wildman–Crippen MR) is 104 cm³/mol. The van der Waals surface area contributed by atoms with Gasteiger partial charge in [0.15, 0.2) is 0 Å². The molecule has 1 aromatic heterocycles. The summed E-state index contributed by atoms with van der Waals surface area (Å²) < 4.78 is 43.3. The minimum absolute atomic E-state index is 0.0943. The summed E-state index contributed by atoms with van der Waals surface area (Å²) >= 11 is 0. The molecular weight excluding hydrogens is 396 g/mol. The molecule has 0 amide bonds. The second-order valence-corrected chi connectivity index (χ2v) is 9.10. The average Bonchev–Trinajstić information content (AvgIpc) is 3.34. The Morgan fingerprint density at radius 1 is 1.21 bits per heavy atom. The highest BCUT2D eigenvalue weighted by molar-refractivity contribution is 7.86. The van der Waals surface area contributed by atoms with Gasteiger partial charge in [-0.25, -0.2) is 0 Å². The molecule has 0 bridgehead atoms. The Hall–Kier alpha value is -2.23. The molecule has 0 spiro atoms. The third-order valence-electron chi connectivity index (χ3n) is 5.22. The topological polar surface area (TPSA) is 96.7 Å². The maximum absolute atomic E-state index is 12.4. The summed E-state index contributed by atoms with van der Waals surface area (Å²) in [5, 5.41) is 0. The molecule has 1 atom stereocenters. The lowest BCUT2D eigenvalue weighted by Gasteiger charge is -2.13. The van der Waals surface area contributed by atoms with Crippen molar-refractivity contribution in [2.75, 3.05) is 6.61 Å². The molecule has 2 heterocycles. The van der Waals surface area contributed by atoms with Crippen LogP contribution < -0.4 is 10.3 Å². The molecule has 1 aromatic carbocycles. The van der Waals surface area contributed by atoms with Crippen LogP contribution in [0.3, 0.4) is 0 Å². The number of rotatable bonds is 7. The van der Waals surface area contributed by atoms with Gasteiger partial charge in [-0.2, -0.15) is 13.4 Å². The van der Waals surface area contributed by atoms with E-state index in [1.807, 2.05) is 6.92 Å². The van der Waals surface area contributed by atoms with Gasteiger partial charge in [0, 0.05) is 6.07 Å². The van der Waals surface area contributed by atoms with E-state index >= 15 is 0 Å². The van der Waals surface area contributed by atoms with Gasteiger partial charge < -0.3 is 9.47 Å². The van der Waals surface area contributed by atoms with E-state index in [2.05, 4.69) is 4.98 Å². The Bertz CT molecular complexity index is 1030. The highest BCUT2D eigenvalue weighted by Crippen LogP contribution is 2.25. The Balaban J connectivity index is 1.41. The normalized spacial score (nSPS) is 19.3. The van der Waals surface area contributed by atoms with Gasteiger partial charge in [-0.15, -0.1) is 0 Å². The maximum Gasteiger partial charge on any atom is 0.300 e. The van der Waals surface area contributed by atoms with Crippen LogP contribution in [0.4, 0.5) is 0 Å². The second kappa shape index (κ2) is 8.25. The van der Waals surface area contributed by atoms with Crippen LogP contribution in [0, 0.1) is 6.92 Å². The number of fused-ring (bicyclic) bond motifs is 1. The summed E-state index contributed by atoms with van der Waals surface area (Å²) in [5.74, 6) is 0. The van der Waals surface area contributed by atoms with Crippen molar-refractivity contribution in [2.24, 2.45) is 0 Å². The van der Waals surface area contributed by atoms with Crippen LogP contribution in [-0.2, 0) is 32.2 Å².